The van der Waals surface area contributed by atoms with Crippen LogP contribution in [0.1, 0.15) is 43.6 Å². The second-order valence-corrected chi connectivity index (χ2v) is 9.45. The van der Waals surface area contributed by atoms with Crippen LogP contribution in [0.5, 0.6) is 11.5 Å². The maximum atomic E-state index is 13.4. The van der Waals surface area contributed by atoms with Crippen LogP contribution in [0.2, 0.25) is 0 Å². The lowest BCUT2D eigenvalue weighted by atomic mass is 9.97. The van der Waals surface area contributed by atoms with Crippen molar-refractivity contribution in [2.24, 2.45) is 5.92 Å². The molecule has 1 aromatic carbocycles. The summed E-state index contributed by atoms with van der Waals surface area (Å²) in [6.45, 7) is 7.12. The number of hydrogen-bond donors (Lipinski definition) is 1. The highest BCUT2D eigenvalue weighted by Crippen LogP contribution is 2.36. The third-order valence-corrected chi connectivity index (χ3v) is 6.19. The zero-order valence-corrected chi connectivity index (χ0v) is 22.5. The quantitative estimate of drug-likeness (QED) is 0.325. The molecule has 0 aromatic heterocycles. The third kappa shape index (κ3) is 7.31. The van der Waals surface area contributed by atoms with Gasteiger partial charge in [0.1, 0.15) is 54.4 Å². The van der Waals surface area contributed by atoms with E-state index in [1.54, 1.807) is 57.2 Å². The van der Waals surface area contributed by atoms with Crippen molar-refractivity contribution in [3.63, 3.8) is 0 Å². The molecule has 0 radical (unpaired) electrons. The zero-order valence-electron chi connectivity index (χ0n) is 22.5. The molecule has 0 saturated carbocycles. The first-order chi connectivity index (χ1) is 17.6. The molecule has 2 heterocycles. The van der Waals surface area contributed by atoms with Crippen LogP contribution in [0.15, 0.2) is 30.4 Å². The lowest BCUT2D eigenvalue weighted by molar-refractivity contribution is -0.165. The normalized spacial score (nSPS) is 30.5. The van der Waals surface area contributed by atoms with Crippen molar-refractivity contribution < 1.29 is 47.8 Å². The Labute approximate surface area is 218 Å². The number of rotatable bonds is 7. The van der Waals surface area contributed by atoms with Crippen molar-refractivity contribution in [3.8, 4) is 11.5 Å². The fourth-order valence-electron chi connectivity index (χ4n) is 4.15. The van der Waals surface area contributed by atoms with Crippen LogP contribution in [0.4, 0.5) is 0 Å². The molecule has 1 N–H and O–H groups in total. The summed E-state index contributed by atoms with van der Waals surface area (Å²) >= 11 is 0. The van der Waals surface area contributed by atoms with Gasteiger partial charge in [-0.25, -0.2) is 4.79 Å². The minimum Gasteiger partial charge on any atom is -0.497 e. The summed E-state index contributed by atoms with van der Waals surface area (Å²) < 4.78 is 45.3. The van der Waals surface area contributed by atoms with Gasteiger partial charge in [-0.15, -0.1) is 0 Å². The molecule has 3 unspecified atom stereocenters. The van der Waals surface area contributed by atoms with Gasteiger partial charge in [0.05, 0.1) is 7.11 Å². The number of methoxy groups -OCH3 is 3. The summed E-state index contributed by atoms with van der Waals surface area (Å²) in [6, 6.07) is 3.30. The summed E-state index contributed by atoms with van der Waals surface area (Å²) in [5.41, 5.74) is 0.685. The molecule has 0 amide bonds. The van der Waals surface area contributed by atoms with Gasteiger partial charge < -0.3 is 43.0 Å². The Morgan fingerprint density at radius 1 is 0.973 bits per heavy atom. The predicted molar refractivity (Wildman–Crippen MR) is 134 cm³/mol. The molecule has 2 aliphatic heterocycles. The van der Waals surface area contributed by atoms with E-state index in [-0.39, 0.29) is 30.8 Å². The lowest BCUT2D eigenvalue weighted by Gasteiger charge is -2.27. The smallest absolute Gasteiger partial charge is 0.342 e. The fourth-order valence-corrected chi connectivity index (χ4v) is 4.15. The zero-order chi connectivity index (χ0) is 27.2. The Bertz CT molecular complexity index is 972. The largest absolute Gasteiger partial charge is 0.497 e. The number of esters is 1. The van der Waals surface area contributed by atoms with Crippen molar-refractivity contribution in [1.29, 1.82) is 0 Å². The van der Waals surface area contributed by atoms with E-state index in [0.29, 0.717) is 11.3 Å². The minimum atomic E-state index is -0.997. The van der Waals surface area contributed by atoms with Crippen LogP contribution < -0.4 is 9.47 Å². The Kier molecular flexibility index (Phi) is 10.1. The van der Waals surface area contributed by atoms with Crippen LogP contribution in [0.3, 0.4) is 0 Å². The molecule has 1 saturated heterocycles. The van der Waals surface area contributed by atoms with Crippen molar-refractivity contribution in [1.82, 2.24) is 0 Å². The molecule has 1 aromatic rings. The number of benzene rings is 1. The topological polar surface area (TPSA) is 111 Å². The van der Waals surface area contributed by atoms with E-state index in [9.17, 15) is 9.90 Å². The molecule has 1 fully saturated rings. The lowest BCUT2D eigenvalue weighted by Crippen LogP contribution is -2.42. The second kappa shape index (κ2) is 12.9. The number of ether oxygens (including phenoxy) is 8. The highest BCUT2D eigenvalue weighted by Gasteiger charge is 2.47. The number of hydrogen-bond acceptors (Lipinski definition) is 10. The SMILES string of the molecule is COCOc1cc(OC)cc2c1C(=O)OC(C)[C@H](C)/C=C\C(O)[C@H]1OC(C)(C)O[C@H]1C(OCOC)C=C2. The molecule has 2 aliphatic rings. The fraction of sp³-hybridized carbons (Fsp3) is 0.593. The maximum absolute atomic E-state index is 13.4. The Morgan fingerprint density at radius 2 is 1.68 bits per heavy atom. The van der Waals surface area contributed by atoms with Gasteiger partial charge in [-0.1, -0.05) is 31.2 Å². The summed E-state index contributed by atoms with van der Waals surface area (Å²) in [4.78, 5) is 13.4. The average Bonchev–Trinajstić information content (AvgIpc) is 3.19. The Balaban J connectivity index is 2.17. The van der Waals surface area contributed by atoms with Gasteiger partial charge in [-0.3, -0.25) is 0 Å². The van der Waals surface area contributed by atoms with Gasteiger partial charge in [-0.2, -0.15) is 0 Å². The Morgan fingerprint density at radius 3 is 2.35 bits per heavy atom. The van der Waals surface area contributed by atoms with Crippen LogP contribution in [0, 0.1) is 5.92 Å². The molecule has 0 bridgehead atoms. The molecule has 0 aliphatic carbocycles. The first kappa shape index (κ1) is 29.1. The number of fused-ring (bicyclic) bond motifs is 2. The van der Waals surface area contributed by atoms with Crippen LogP contribution in [-0.4, -0.2) is 82.3 Å². The second-order valence-electron chi connectivity index (χ2n) is 9.45. The van der Waals surface area contributed by atoms with E-state index in [1.807, 2.05) is 6.92 Å². The van der Waals surface area contributed by atoms with Gasteiger partial charge >= 0.3 is 5.97 Å². The molecule has 206 valence electrons. The maximum Gasteiger partial charge on any atom is 0.342 e. The first-order valence-electron chi connectivity index (χ1n) is 12.2. The van der Waals surface area contributed by atoms with Crippen LogP contribution in [-0.2, 0) is 28.4 Å². The predicted octanol–water partition coefficient (Wildman–Crippen LogP) is 3.31. The van der Waals surface area contributed by atoms with Gasteiger partial charge in [0.25, 0.3) is 0 Å². The molecule has 6 atom stereocenters. The molecule has 37 heavy (non-hydrogen) atoms. The minimum absolute atomic E-state index is 0.0301. The number of carbonyl (C=O) groups excluding carboxylic acids is 1. The number of carbonyl (C=O) groups is 1. The van der Waals surface area contributed by atoms with Crippen molar-refractivity contribution >= 4 is 12.0 Å². The van der Waals surface area contributed by atoms with E-state index in [2.05, 4.69) is 0 Å². The number of cyclic esters (lactones) is 1. The standard InChI is InChI=1S/C27H38O10/c1-16-8-10-20(28)24-25(37-27(3,4)36-24)21(33-14-30-5)11-9-18-12-19(32-7)13-22(34-15-31-6)23(18)26(29)35-17(16)2/h8-13,16-17,20-21,24-25,28H,14-15H2,1-7H3/b10-8-,11-9?/t16-,17?,20?,21?,24-,25+/m1/s1. The third-order valence-electron chi connectivity index (χ3n) is 6.19. The number of aliphatic hydroxyl groups excluding tert-OH is 1. The van der Waals surface area contributed by atoms with Gasteiger partial charge in [-0.05, 0) is 32.4 Å². The molecule has 0 spiro atoms. The molecule has 10 nitrogen and oxygen atoms in total. The summed E-state index contributed by atoms with van der Waals surface area (Å²) in [6.07, 6.45) is 3.24. The summed E-state index contributed by atoms with van der Waals surface area (Å²) in [5, 5.41) is 11.0. The van der Waals surface area contributed by atoms with Gasteiger partial charge in [0, 0.05) is 26.2 Å². The number of aliphatic hydroxyl groups is 1. The summed E-state index contributed by atoms with van der Waals surface area (Å²) in [5.74, 6) is -1.03. The molecule has 3 rings (SSSR count). The molecular weight excluding hydrogens is 484 g/mol. The molecular formula is C27H38O10. The summed E-state index contributed by atoms with van der Waals surface area (Å²) in [7, 11) is 4.52. The Hall–Kier alpha value is -2.47. The average molecular weight is 523 g/mol. The highest BCUT2D eigenvalue weighted by molar-refractivity contribution is 5.97. The van der Waals surface area contributed by atoms with E-state index in [1.165, 1.54) is 21.3 Å². The van der Waals surface area contributed by atoms with Crippen molar-refractivity contribution in [2.75, 3.05) is 34.9 Å². The van der Waals surface area contributed by atoms with Crippen LogP contribution in [0.25, 0.3) is 6.08 Å². The first-order valence-corrected chi connectivity index (χ1v) is 12.2. The monoisotopic (exact) mass is 522 g/mol. The van der Waals surface area contributed by atoms with Crippen molar-refractivity contribution in [2.45, 2.75) is 64.0 Å². The van der Waals surface area contributed by atoms with E-state index in [4.69, 9.17) is 37.9 Å². The molecule has 10 heteroatoms. The highest BCUT2D eigenvalue weighted by atomic mass is 16.8. The van der Waals surface area contributed by atoms with E-state index >= 15 is 0 Å². The van der Waals surface area contributed by atoms with Crippen molar-refractivity contribution in [3.05, 3.63) is 41.5 Å². The van der Waals surface area contributed by atoms with Crippen LogP contribution >= 0.6 is 0 Å². The van der Waals surface area contributed by atoms with Gasteiger partial charge in [0.15, 0.2) is 12.6 Å². The van der Waals surface area contributed by atoms with E-state index in [0.717, 1.165) is 0 Å². The van der Waals surface area contributed by atoms with E-state index < -0.39 is 42.3 Å². The van der Waals surface area contributed by atoms with Gasteiger partial charge in [0.2, 0.25) is 0 Å².